The van der Waals surface area contributed by atoms with Gasteiger partial charge in [-0.05, 0) is 13.0 Å². The molecule has 0 radical (unpaired) electrons. The van der Waals surface area contributed by atoms with Gasteiger partial charge in [0.2, 0.25) is 5.91 Å². The largest absolute Gasteiger partial charge is 0.493 e. The highest BCUT2D eigenvalue weighted by Crippen LogP contribution is 2.52. The zero-order valence-corrected chi connectivity index (χ0v) is 18.4. The average Bonchev–Trinajstić information content (AvgIpc) is 3.08. The minimum atomic E-state index is -1.17. The quantitative estimate of drug-likeness (QED) is 0.576. The lowest BCUT2D eigenvalue weighted by molar-refractivity contribution is -0.140. The number of carboxylic acid groups (broad SMARTS) is 1. The van der Waals surface area contributed by atoms with Crippen LogP contribution in [0.4, 0.5) is 0 Å². The van der Waals surface area contributed by atoms with Crippen molar-refractivity contribution in [1.82, 2.24) is 4.90 Å². The second-order valence-corrected chi connectivity index (χ2v) is 7.94. The Kier molecular flexibility index (Phi) is 6.64. The third-order valence-electron chi connectivity index (χ3n) is 5.00. The van der Waals surface area contributed by atoms with E-state index < -0.39 is 35.4 Å². The molecule has 2 heterocycles. The number of carbonyl (C=O) groups excluding carboxylic acids is 2. The van der Waals surface area contributed by atoms with Gasteiger partial charge in [-0.25, -0.2) is 4.79 Å². The van der Waals surface area contributed by atoms with Gasteiger partial charge in [0, 0.05) is 5.56 Å². The van der Waals surface area contributed by atoms with Crippen molar-refractivity contribution in [3.63, 3.8) is 0 Å². The van der Waals surface area contributed by atoms with Gasteiger partial charge in [-0.1, -0.05) is 23.9 Å². The van der Waals surface area contributed by atoms with Crippen molar-refractivity contribution in [2.45, 2.75) is 24.5 Å². The van der Waals surface area contributed by atoms with Gasteiger partial charge in [-0.2, -0.15) is 5.26 Å². The van der Waals surface area contributed by atoms with Crippen LogP contribution in [-0.2, 0) is 19.1 Å². The van der Waals surface area contributed by atoms with Gasteiger partial charge < -0.3 is 25.1 Å². The number of hydrogen-bond acceptors (Lipinski definition) is 9. The number of amides is 1. The molecule has 0 spiro atoms. The standard InChI is InChI=1S/C21H21N3O7S/c1-4-31-21(28)16-15(10-6-5-7-12(29-2)17(10)30-3)11(9-22)20-24(18(16)23)19(27)13(32-20)8-14(25)26/h5-7,13,15H,4,8,23H2,1-3H3,(H,25,26). The van der Waals surface area contributed by atoms with Crippen molar-refractivity contribution < 1.29 is 33.7 Å². The van der Waals surface area contributed by atoms with Crippen molar-refractivity contribution in [3.8, 4) is 17.6 Å². The summed E-state index contributed by atoms with van der Waals surface area (Å²) in [6.45, 7) is 1.66. The molecule has 10 nitrogen and oxygen atoms in total. The molecule has 1 aromatic rings. The molecule has 1 aromatic carbocycles. The minimum absolute atomic E-state index is 0.0420. The number of nitrogens with two attached hydrogens (primary N) is 1. The fourth-order valence-corrected chi connectivity index (χ4v) is 5.00. The van der Waals surface area contributed by atoms with E-state index in [0.29, 0.717) is 11.3 Å². The number of hydrogen-bond donors (Lipinski definition) is 2. The van der Waals surface area contributed by atoms with E-state index in [1.54, 1.807) is 25.1 Å². The number of carboxylic acids is 1. The lowest BCUT2D eigenvalue weighted by Gasteiger charge is -2.32. The maximum Gasteiger partial charge on any atom is 0.338 e. The topological polar surface area (TPSA) is 152 Å². The number of benzene rings is 1. The van der Waals surface area contributed by atoms with Crippen LogP contribution < -0.4 is 15.2 Å². The van der Waals surface area contributed by atoms with E-state index in [4.69, 9.17) is 25.1 Å². The Bertz CT molecular complexity index is 1090. The number of nitrogens with zero attached hydrogens (tertiary/aromatic N) is 2. The van der Waals surface area contributed by atoms with E-state index in [2.05, 4.69) is 6.07 Å². The molecule has 0 aromatic heterocycles. The number of thioether (sulfide) groups is 1. The van der Waals surface area contributed by atoms with Crippen molar-refractivity contribution in [3.05, 3.63) is 45.8 Å². The number of rotatable bonds is 7. The number of nitriles is 1. The highest BCUT2D eigenvalue weighted by Gasteiger charge is 2.49. The van der Waals surface area contributed by atoms with Gasteiger partial charge in [0.15, 0.2) is 11.5 Å². The zero-order chi connectivity index (χ0) is 23.6. The Morgan fingerprint density at radius 1 is 1.31 bits per heavy atom. The summed E-state index contributed by atoms with van der Waals surface area (Å²) in [6, 6.07) is 7.06. The summed E-state index contributed by atoms with van der Waals surface area (Å²) < 4.78 is 16.0. The molecule has 168 valence electrons. The minimum Gasteiger partial charge on any atom is -0.493 e. The highest BCUT2D eigenvalue weighted by atomic mass is 32.2. The van der Waals surface area contributed by atoms with E-state index in [1.165, 1.54) is 14.2 Å². The monoisotopic (exact) mass is 459 g/mol. The number of aliphatic carboxylic acids is 1. The summed E-state index contributed by atoms with van der Waals surface area (Å²) in [4.78, 5) is 38.1. The van der Waals surface area contributed by atoms with Crippen LogP contribution in [-0.4, -0.2) is 53.9 Å². The molecule has 3 N–H and O–H groups in total. The number of ether oxygens (including phenoxy) is 3. The molecule has 3 rings (SSSR count). The van der Waals surface area contributed by atoms with Crippen molar-refractivity contribution in [2.75, 3.05) is 20.8 Å². The lowest BCUT2D eigenvalue weighted by Crippen LogP contribution is -2.39. The van der Waals surface area contributed by atoms with Crippen LogP contribution in [0.2, 0.25) is 0 Å². The fourth-order valence-electron chi connectivity index (χ4n) is 3.71. The SMILES string of the molecule is CCOC(=O)C1=C(N)N2C(=O)C(CC(=O)O)SC2=C(C#N)C1c1cccc(OC)c1OC. The first-order valence-corrected chi connectivity index (χ1v) is 10.4. The summed E-state index contributed by atoms with van der Waals surface area (Å²) in [7, 11) is 2.87. The molecule has 2 aliphatic rings. The molecule has 0 bridgehead atoms. The Labute approximate surface area is 188 Å². The summed E-state index contributed by atoms with van der Waals surface area (Å²) in [5, 5.41) is 18.4. The summed E-state index contributed by atoms with van der Waals surface area (Å²) in [6.07, 6.45) is -0.461. The van der Waals surface area contributed by atoms with Crippen LogP contribution >= 0.6 is 11.8 Å². The number of methoxy groups -OCH3 is 2. The molecule has 1 amide bonds. The van der Waals surface area contributed by atoms with Gasteiger partial charge in [0.1, 0.15) is 11.1 Å². The van der Waals surface area contributed by atoms with Crippen LogP contribution in [0, 0.1) is 11.3 Å². The molecule has 2 aliphatic heterocycles. The first kappa shape index (κ1) is 23.0. The molecule has 0 saturated carbocycles. The Morgan fingerprint density at radius 2 is 2.03 bits per heavy atom. The number of esters is 1. The molecule has 2 unspecified atom stereocenters. The number of fused-ring (bicyclic) bond motifs is 1. The summed E-state index contributed by atoms with van der Waals surface area (Å²) in [5.41, 5.74) is 6.65. The van der Waals surface area contributed by atoms with E-state index in [0.717, 1.165) is 16.7 Å². The third-order valence-corrected chi connectivity index (χ3v) is 6.28. The molecular formula is C21H21N3O7S. The summed E-state index contributed by atoms with van der Waals surface area (Å²) >= 11 is 0.931. The Morgan fingerprint density at radius 3 is 2.59 bits per heavy atom. The average molecular weight is 459 g/mol. The van der Waals surface area contributed by atoms with E-state index in [1.807, 2.05) is 0 Å². The molecule has 1 fully saturated rings. The lowest BCUT2D eigenvalue weighted by atomic mass is 9.82. The van der Waals surface area contributed by atoms with Crippen LogP contribution in [0.1, 0.15) is 24.8 Å². The van der Waals surface area contributed by atoms with Crippen molar-refractivity contribution in [2.24, 2.45) is 5.73 Å². The molecule has 1 saturated heterocycles. The van der Waals surface area contributed by atoms with Crippen molar-refractivity contribution in [1.29, 1.82) is 5.26 Å². The highest BCUT2D eigenvalue weighted by molar-refractivity contribution is 8.04. The second-order valence-electron chi connectivity index (χ2n) is 6.74. The predicted molar refractivity (Wildman–Crippen MR) is 113 cm³/mol. The van der Waals surface area contributed by atoms with E-state index in [-0.39, 0.29) is 34.4 Å². The molecule has 32 heavy (non-hydrogen) atoms. The predicted octanol–water partition coefficient (Wildman–Crippen LogP) is 1.69. The number of allylic oxidation sites excluding steroid dienone is 1. The molecule has 11 heteroatoms. The van der Waals surface area contributed by atoms with Crippen LogP contribution in [0.25, 0.3) is 0 Å². The Balaban J connectivity index is 2.30. The first-order chi connectivity index (χ1) is 15.3. The maximum atomic E-state index is 13.0. The maximum absolute atomic E-state index is 13.0. The van der Waals surface area contributed by atoms with Gasteiger partial charge in [-0.3, -0.25) is 14.5 Å². The van der Waals surface area contributed by atoms with Crippen molar-refractivity contribution >= 4 is 29.6 Å². The van der Waals surface area contributed by atoms with Gasteiger partial charge in [-0.15, -0.1) is 0 Å². The number of carbonyl (C=O) groups is 3. The third kappa shape index (κ3) is 3.73. The normalized spacial score (nSPS) is 20.1. The van der Waals surface area contributed by atoms with Crippen LogP contribution in [0.3, 0.4) is 0 Å². The van der Waals surface area contributed by atoms with Crippen LogP contribution in [0.5, 0.6) is 11.5 Å². The second kappa shape index (κ2) is 9.23. The smallest absolute Gasteiger partial charge is 0.338 e. The molecule has 2 atom stereocenters. The Hall–Kier alpha value is -3.65. The summed E-state index contributed by atoms with van der Waals surface area (Å²) in [5.74, 6) is -3.16. The van der Waals surface area contributed by atoms with E-state index in [9.17, 15) is 19.6 Å². The van der Waals surface area contributed by atoms with E-state index >= 15 is 0 Å². The molecule has 0 aliphatic carbocycles. The zero-order valence-electron chi connectivity index (χ0n) is 17.6. The fraction of sp³-hybridized carbons (Fsp3) is 0.333. The van der Waals surface area contributed by atoms with Gasteiger partial charge in [0.25, 0.3) is 0 Å². The molecular weight excluding hydrogens is 438 g/mol. The van der Waals surface area contributed by atoms with Gasteiger partial charge >= 0.3 is 11.9 Å². The van der Waals surface area contributed by atoms with Gasteiger partial charge in [0.05, 0.1) is 55.4 Å². The number of para-hydroxylation sites is 1. The first-order valence-electron chi connectivity index (χ1n) is 9.54. The van der Waals surface area contributed by atoms with Crippen LogP contribution in [0.15, 0.2) is 40.2 Å².